The van der Waals surface area contributed by atoms with E-state index in [2.05, 4.69) is 5.32 Å². The van der Waals surface area contributed by atoms with Gasteiger partial charge in [-0.1, -0.05) is 12.1 Å². The van der Waals surface area contributed by atoms with Crippen molar-refractivity contribution < 1.29 is 14.5 Å². The van der Waals surface area contributed by atoms with Crippen molar-refractivity contribution in [1.82, 2.24) is 10.2 Å². The minimum atomic E-state index is -0.502. The Morgan fingerprint density at radius 3 is 2.62 bits per heavy atom. The summed E-state index contributed by atoms with van der Waals surface area (Å²) in [5, 5.41) is 14.3. The standard InChI is InChI=1S/C16H21N3O4.ClH/c20-15(11-23-14-4-2-1-3-13(14)19(21)22)18-9-6-16(7-10-18)5-8-17-12-16;/h1-4,17H,5-12H2;1H. The van der Waals surface area contributed by atoms with Gasteiger partial charge in [0.25, 0.3) is 5.91 Å². The summed E-state index contributed by atoms with van der Waals surface area (Å²) in [6.45, 7) is 3.42. The number of ether oxygens (including phenoxy) is 1. The minimum Gasteiger partial charge on any atom is -0.477 e. The summed E-state index contributed by atoms with van der Waals surface area (Å²) in [7, 11) is 0. The number of piperidine rings is 1. The first-order chi connectivity index (χ1) is 11.1. The maximum atomic E-state index is 12.3. The van der Waals surface area contributed by atoms with Crippen LogP contribution in [-0.2, 0) is 4.79 Å². The normalized spacial score (nSPS) is 18.9. The molecule has 0 aromatic heterocycles. The molecule has 1 spiro atoms. The van der Waals surface area contributed by atoms with Gasteiger partial charge in [0, 0.05) is 25.7 Å². The summed E-state index contributed by atoms with van der Waals surface area (Å²) in [6, 6.07) is 6.12. The summed E-state index contributed by atoms with van der Waals surface area (Å²) in [5.41, 5.74) is 0.241. The van der Waals surface area contributed by atoms with E-state index in [1.54, 1.807) is 17.0 Å². The molecule has 1 aromatic carbocycles. The molecule has 0 atom stereocenters. The fourth-order valence-electron chi connectivity index (χ4n) is 3.41. The maximum absolute atomic E-state index is 12.3. The van der Waals surface area contributed by atoms with Crippen LogP contribution in [0.2, 0.25) is 0 Å². The number of carbonyl (C=O) groups is 1. The van der Waals surface area contributed by atoms with Gasteiger partial charge in [-0.25, -0.2) is 0 Å². The minimum absolute atomic E-state index is 0. The second kappa shape index (κ2) is 7.81. The van der Waals surface area contributed by atoms with Crippen LogP contribution in [0.25, 0.3) is 0 Å². The molecule has 2 aliphatic heterocycles. The number of para-hydroxylation sites is 2. The van der Waals surface area contributed by atoms with Crippen molar-refractivity contribution >= 4 is 24.0 Å². The van der Waals surface area contributed by atoms with Crippen molar-refractivity contribution in [3.05, 3.63) is 34.4 Å². The van der Waals surface area contributed by atoms with E-state index in [0.717, 1.165) is 39.0 Å². The number of rotatable bonds is 4. The Balaban J connectivity index is 0.00000208. The highest BCUT2D eigenvalue weighted by molar-refractivity contribution is 5.85. The molecular formula is C16H22ClN3O4. The lowest BCUT2D eigenvalue weighted by Crippen LogP contribution is -2.45. The zero-order chi connectivity index (χ0) is 16.3. The number of nitrogens with zero attached hydrogens (tertiary/aromatic N) is 2. The molecule has 2 saturated heterocycles. The Morgan fingerprint density at radius 2 is 2.00 bits per heavy atom. The van der Waals surface area contributed by atoms with Gasteiger partial charge in [-0.2, -0.15) is 0 Å². The lowest BCUT2D eigenvalue weighted by atomic mass is 9.78. The molecule has 132 valence electrons. The van der Waals surface area contributed by atoms with Crippen LogP contribution in [0, 0.1) is 15.5 Å². The number of likely N-dealkylation sites (tertiary alicyclic amines) is 1. The second-order valence-electron chi connectivity index (χ2n) is 6.32. The molecule has 0 aliphatic carbocycles. The fourth-order valence-corrected chi connectivity index (χ4v) is 3.41. The summed E-state index contributed by atoms with van der Waals surface area (Å²) in [5.74, 6) is 0.0308. The SMILES string of the molecule is Cl.O=C(COc1ccccc1[N+](=O)[O-])N1CCC2(CCNC2)CC1. The van der Waals surface area contributed by atoms with Gasteiger partial charge in [-0.15, -0.1) is 12.4 Å². The van der Waals surface area contributed by atoms with Crippen molar-refractivity contribution in [2.24, 2.45) is 5.41 Å². The molecule has 0 unspecified atom stereocenters. The van der Waals surface area contributed by atoms with Gasteiger partial charge in [0.15, 0.2) is 12.4 Å². The van der Waals surface area contributed by atoms with Crippen molar-refractivity contribution in [1.29, 1.82) is 0 Å². The van der Waals surface area contributed by atoms with Crippen molar-refractivity contribution in [2.45, 2.75) is 19.3 Å². The lowest BCUT2D eigenvalue weighted by molar-refractivity contribution is -0.385. The average molecular weight is 356 g/mol. The van der Waals surface area contributed by atoms with Gasteiger partial charge in [-0.05, 0) is 37.3 Å². The lowest BCUT2D eigenvalue weighted by Gasteiger charge is -2.38. The van der Waals surface area contributed by atoms with E-state index in [1.165, 1.54) is 18.6 Å². The summed E-state index contributed by atoms with van der Waals surface area (Å²) >= 11 is 0. The largest absolute Gasteiger partial charge is 0.477 e. The first-order valence-corrected chi connectivity index (χ1v) is 7.94. The van der Waals surface area contributed by atoms with E-state index in [-0.39, 0.29) is 36.4 Å². The monoisotopic (exact) mass is 355 g/mol. The molecule has 0 saturated carbocycles. The number of benzene rings is 1. The third-order valence-corrected chi connectivity index (χ3v) is 4.92. The quantitative estimate of drug-likeness (QED) is 0.659. The van der Waals surface area contributed by atoms with Crippen molar-refractivity contribution in [3.8, 4) is 5.75 Å². The fraction of sp³-hybridized carbons (Fsp3) is 0.562. The Kier molecular flexibility index (Phi) is 6.01. The predicted molar refractivity (Wildman–Crippen MR) is 91.6 cm³/mol. The van der Waals surface area contributed by atoms with Gasteiger partial charge in [0.2, 0.25) is 0 Å². The van der Waals surface area contributed by atoms with Crippen LogP contribution in [0.3, 0.4) is 0 Å². The van der Waals surface area contributed by atoms with E-state index >= 15 is 0 Å². The average Bonchev–Trinajstić information content (AvgIpc) is 3.01. The Labute approximate surface area is 146 Å². The van der Waals surface area contributed by atoms with Crippen molar-refractivity contribution in [3.63, 3.8) is 0 Å². The molecule has 0 radical (unpaired) electrons. The van der Waals surface area contributed by atoms with E-state index in [0.29, 0.717) is 5.41 Å². The van der Waals surface area contributed by atoms with Crippen LogP contribution in [0.15, 0.2) is 24.3 Å². The molecule has 24 heavy (non-hydrogen) atoms. The van der Waals surface area contributed by atoms with Crippen molar-refractivity contribution in [2.75, 3.05) is 32.8 Å². The second-order valence-corrected chi connectivity index (χ2v) is 6.32. The highest BCUT2D eigenvalue weighted by Crippen LogP contribution is 2.36. The molecule has 1 aromatic rings. The van der Waals surface area contributed by atoms with Crippen LogP contribution in [0.4, 0.5) is 5.69 Å². The number of nitro benzene ring substituents is 1. The van der Waals surface area contributed by atoms with E-state index in [9.17, 15) is 14.9 Å². The predicted octanol–water partition coefficient (Wildman–Crippen LogP) is 2.00. The third-order valence-electron chi connectivity index (χ3n) is 4.92. The van der Waals surface area contributed by atoms with Gasteiger partial charge in [-0.3, -0.25) is 14.9 Å². The van der Waals surface area contributed by atoms with Gasteiger partial charge < -0.3 is 15.0 Å². The number of nitro groups is 1. The number of carbonyl (C=O) groups excluding carboxylic acids is 1. The molecule has 7 nitrogen and oxygen atoms in total. The molecule has 2 fully saturated rings. The Hall–Kier alpha value is -1.86. The Bertz CT molecular complexity index is 595. The van der Waals surface area contributed by atoms with E-state index in [1.807, 2.05) is 0 Å². The maximum Gasteiger partial charge on any atom is 0.310 e. The van der Waals surface area contributed by atoms with Crippen LogP contribution >= 0.6 is 12.4 Å². The highest BCUT2D eigenvalue weighted by Gasteiger charge is 2.38. The molecule has 0 bridgehead atoms. The molecule has 3 rings (SSSR count). The molecule has 8 heteroatoms. The van der Waals surface area contributed by atoms with E-state index in [4.69, 9.17) is 4.74 Å². The van der Waals surface area contributed by atoms with Crippen LogP contribution in [0.1, 0.15) is 19.3 Å². The van der Waals surface area contributed by atoms with Crippen LogP contribution in [0.5, 0.6) is 5.75 Å². The smallest absolute Gasteiger partial charge is 0.310 e. The van der Waals surface area contributed by atoms with Gasteiger partial charge in [0.05, 0.1) is 4.92 Å². The van der Waals surface area contributed by atoms with E-state index < -0.39 is 4.92 Å². The summed E-state index contributed by atoms with van der Waals surface area (Å²) < 4.78 is 5.39. The molecule has 2 aliphatic rings. The first kappa shape index (κ1) is 18.5. The summed E-state index contributed by atoms with van der Waals surface area (Å²) in [6.07, 6.45) is 3.20. The van der Waals surface area contributed by atoms with Gasteiger partial charge in [0.1, 0.15) is 0 Å². The van der Waals surface area contributed by atoms with Gasteiger partial charge >= 0.3 is 5.69 Å². The highest BCUT2D eigenvalue weighted by atomic mass is 35.5. The zero-order valence-electron chi connectivity index (χ0n) is 13.4. The first-order valence-electron chi connectivity index (χ1n) is 7.94. The van der Waals surface area contributed by atoms with Crippen LogP contribution in [-0.4, -0.2) is 48.5 Å². The number of nitrogens with one attached hydrogen (secondary N) is 1. The third kappa shape index (κ3) is 3.96. The number of hydrogen-bond donors (Lipinski definition) is 1. The topological polar surface area (TPSA) is 84.7 Å². The number of hydrogen-bond acceptors (Lipinski definition) is 5. The Morgan fingerprint density at radius 1 is 1.29 bits per heavy atom. The molecular weight excluding hydrogens is 334 g/mol. The molecule has 2 heterocycles. The molecule has 1 N–H and O–H groups in total. The van der Waals surface area contributed by atoms with Crippen LogP contribution < -0.4 is 10.1 Å². The number of amides is 1. The zero-order valence-corrected chi connectivity index (χ0v) is 14.2. The summed E-state index contributed by atoms with van der Waals surface area (Å²) in [4.78, 5) is 24.5. The molecule has 1 amide bonds. The number of halogens is 1.